The van der Waals surface area contributed by atoms with E-state index in [1.54, 1.807) is 29.9 Å². The van der Waals surface area contributed by atoms with Gasteiger partial charge in [-0.1, -0.05) is 17.4 Å². The highest BCUT2D eigenvalue weighted by Gasteiger charge is 2.11. The van der Waals surface area contributed by atoms with Gasteiger partial charge in [-0.2, -0.15) is 10.5 Å². The van der Waals surface area contributed by atoms with Crippen LogP contribution in [0.25, 0.3) is 0 Å². The zero-order valence-electron chi connectivity index (χ0n) is 8.04. The van der Waals surface area contributed by atoms with Crippen LogP contribution in [0, 0.1) is 22.7 Å². The third-order valence-electron chi connectivity index (χ3n) is 1.87. The molecule has 16 heavy (non-hydrogen) atoms. The van der Waals surface area contributed by atoms with Gasteiger partial charge in [-0.05, 0) is 12.1 Å². The van der Waals surface area contributed by atoms with E-state index >= 15 is 0 Å². The van der Waals surface area contributed by atoms with Gasteiger partial charge in [0, 0.05) is 0 Å². The summed E-state index contributed by atoms with van der Waals surface area (Å²) in [7, 11) is 0. The molecule has 0 spiro atoms. The Labute approximate surface area is 96.0 Å². The molecule has 0 saturated heterocycles. The van der Waals surface area contributed by atoms with E-state index in [0.29, 0.717) is 16.2 Å². The lowest BCUT2D eigenvalue weighted by molar-refractivity contribution is 0.492. The van der Waals surface area contributed by atoms with Crippen molar-refractivity contribution >= 4 is 11.3 Å². The first-order chi connectivity index (χ1) is 7.85. The molecule has 76 valence electrons. The van der Waals surface area contributed by atoms with Crippen molar-refractivity contribution < 1.29 is 4.74 Å². The van der Waals surface area contributed by atoms with Crippen LogP contribution in [0.2, 0.25) is 0 Å². The van der Waals surface area contributed by atoms with Gasteiger partial charge < -0.3 is 4.74 Å². The molecule has 1 aromatic carbocycles. The summed E-state index contributed by atoms with van der Waals surface area (Å²) in [5.74, 6) is 0.289. The molecule has 0 aliphatic rings. The van der Waals surface area contributed by atoms with Crippen LogP contribution in [-0.4, -0.2) is 4.98 Å². The number of ether oxygens (including phenoxy) is 1. The first-order valence-corrected chi connectivity index (χ1v) is 5.22. The van der Waals surface area contributed by atoms with E-state index in [1.807, 2.05) is 12.1 Å². The van der Waals surface area contributed by atoms with E-state index < -0.39 is 0 Å². The van der Waals surface area contributed by atoms with E-state index in [1.165, 1.54) is 11.3 Å². The number of benzene rings is 1. The van der Waals surface area contributed by atoms with Crippen molar-refractivity contribution in [2.75, 3.05) is 0 Å². The molecule has 0 unspecified atom stereocenters. The first-order valence-electron chi connectivity index (χ1n) is 4.34. The van der Waals surface area contributed by atoms with Crippen molar-refractivity contribution in [3.63, 3.8) is 0 Å². The minimum absolute atomic E-state index is 0.289. The lowest BCUT2D eigenvalue weighted by Crippen LogP contribution is -1.90. The summed E-state index contributed by atoms with van der Waals surface area (Å²) in [6, 6.07) is 8.85. The number of nitrogens with zero attached hydrogens (tertiary/aromatic N) is 3. The Hall–Kier alpha value is -2.37. The zero-order valence-corrected chi connectivity index (χ0v) is 8.86. The van der Waals surface area contributed by atoms with Crippen LogP contribution in [0.5, 0.6) is 10.8 Å². The fourth-order valence-corrected chi connectivity index (χ4v) is 1.66. The molecule has 1 aromatic heterocycles. The minimum Gasteiger partial charge on any atom is -0.442 e. The van der Waals surface area contributed by atoms with E-state index in [0.717, 1.165) is 0 Å². The second-order valence-electron chi connectivity index (χ2n) is 2.83. The number of hydrogen-bond acceptors (Lipinski definition) is 5. The summed E-state index contributed by atoms with van der Waals surface area (Å²) in [6.45, 7) is 0. The molecule has 0 radical (unpaired) electrons. The SMILES string of the molecule is N#Cc1cccc(C#N)c1Oc1cncs1. The van der Waals surface area contributed by atoms with Crippen molar-refractivity contribution in [3.8, 4) is 23.0 Å². The summed E-state index contributed by atoms with van der Waals surface area (Å²) in [6.07, 6.45) is 1.54. The first kappa shape index (κ1) is 10.2. The summed E-state index contributed by atoms with van der Waals surface area (Å²) < 4.78 is 5.47. The molecule has 0 atom stereocenters. The largest absolute Gasteiger partial charge is 0.442 e. The van der Waals surface area contributed by atoms with Crippen LogP contribution in [0.1, 0.15) is 11.1 Å². The molecule has 4 nitrogen and oxygen atoms in total. The van der Waals surface area contributed by atoms with E-state index in [-0.39, 0.29) is 5.75 Å². The Morgan fingerprint density at radius 3 is 2.38 bits per heavy atom. The summed E-state index contributed by atoms with van der Waals surface area (Å²) in [4.78, 5) is 3.86. The van der Waals surface area contributed by atoms with E-state index in [4.69, 9.17) is 15.3 Å². The van der Waals surface area contributed by atoms with Gasteiger partial charge in [0.2, 0.25) is 5.06 Å². The molecule has 5 heteroatoms. The normalized spacial score (nSPS) is 9.12. The van der Waals surface area contributed by atoms with Gasteiger partial charge in [-0.3, -0.25) is 0 Å². The van der Waals surface area contributed by atoms with Gasteiger partial charge in [0.25, 0.3) is 0 Å². The number of nitriles is 2. The van der Waals surface area contributed by atoms with Crippen LogP contribution in [-0.2, 0) is 0 Å². The summed E-state index contributed by atoms with van der Waals surface area (Å²) >= 11 is 1.30. The molecular formula is C11H5N3OS. The Balaban J connectivity index is 2.47. The Bertz CT molecular complexity index is 546. The standard InChI is InChI=1S/C11H5N3OS/c12-4-8-2-1-3-9(5-13)11(8)15-10-6-14-7-16-10/h1-3,6-7H. The Morgan fingerprint density at radius 2 is 1.88 bits per heavy atom. The van der Waals surface area contributed by atoms with Gasteiger partial charge >= 0.3 is 0 Å². The van der Waals surface area contributed by atoms with Crippen molar-refractivity contribution in [1.82, 2.24) is 4.98 Å². The number of rotatable bonds is 2. The van der Waals surface area contributed by atoms with Crippen LogP contribution in [0.4, 0.5) is 0 Å². The lowest BCUT2D eigenvalue weighted by Gasteiger charge is -2.05. The Morgan fingerprint density at radius 1 is 1.19 bits per heavy atom. The topological polar surface area (TPSA) is 69.7 Å². The third kappa shape index (κ3) is 1.85. The quantitative estimate of drug-likeness (QED) is 0.790. The summed E-state index contributed by atoms with van der Waals surface area (Å²) in [5.41, 5.74) is 2.30. The average Bonchev–Trinajstić information content (AvgIpc) is 2.82. The summed E-state index contributed by atoms with van der Waals surface area (Å²) in [5, 5.41) is 18.4. The number of aromatic nitrogens is 1. The van der Waals surface area contributed by atoms with Crippen LogP contribution >= 0.6 is 11.3 Å². The fraction of sp³-hybridized carbons (Fsp3) is 0. The molecule has 0 amide bonds. The van der Waals surface area contributed by atoms with Crippen molar-refractivity contribution in [3.05, 3.63) is 41.0 Å². The van der Waals surface area contributed by atoms with Gasteiger partial charge in [0.15, 0.2) is 5.75 Å². The lowest BCUT2D eigenvalue weighted by atomic mass is 10.1. The van der Waals surface area contributed by atoms with Crippen molar-refractivity contribution in [2.24, 2.45) is 0 Å². The maximum Gasteiger partial charge on any atom is 0.200 e. The van der Waals surface area contributed by atoms with Gasteiger partial charge in [-0.15, -0.1) is 0 Å². The van der Waals surface area contributed by atoms with E-state index in [2.05, 4.69) is 4.98 Å². The molecule has 0 aliphatic carbocycles. The zero-order chi connectivity index (χ0) is 11.4. The maximum absolute atomic E-state index is 8.92. The predicted octanol–water partition coefficient (Wildman–Crippen LogP) is 2.68. The minimum atomic E-state index is 0.289. The van der Waals surface area contributed by atoms with Gasteiger partial charge in [-0.25, -0.2) is 4.98 Å². The maximum atomic E-state index is 8.92. The van der Waals surface area contributed by atoms with Gasteiger partial charge in [0.1, 0.15) is 12.1 Å². The molecule has 0 N–H and O–H groups in total. The molecule has 1 heterocycles. The molecular weight excluding hydrogens is 222 g/mol. The van der Waals surface area contributed by atoms with Crippen LogP contribution < -0.4 is 4.74 Å². The molecule has 0 aliphatic heterocycles. The molecule has 2 rings (SSSR count). The van der Waals surface area contributed by atoms with Crippen LogP contribution in [0.15, 0.2) is 29.9 Å². The van der Waals surface area contributed by atoms with Crippen molar-refractivity contribution in [1.29, 1.82) is 10.5 Å². The monoisotopic (exact) mass is 227 g/mol. The van der Waals surface area contributed by atoms with E-state index in [9.17, 15) is 0 Å². The number of thiazole rings is 1. The van der Waals surface area contributed by atoms with Gasteiger partial charge in [0.05, 0.1) is 22.8 Å². The predicted molar refractivity (Wildman–Crippen MR) is 58.1 cm³/mol. The molecule has 2 aromatic rings. The number of hydrogen-bond donors (Lipinski definition) is 0. The second-order valence-corrected chi connectivity index (χ2v) is 3.68. The van der Waals surface area contributed by atoms with Crippen LogP contribution in [0.3, 0.4) is 0 Å². The highest BCUT2D eigenvalue weighted by Crippen LogP contribution is 2.30. The molecule has 0 saturated carbocycles. The highest BCUT2D eigenvalue weighted by molar-refractivity contribution is 7.11. The Kier molecular flexibility index (Phi) is 2.81. The second kappa shape index (κ2) is 4.43. The fourth-order valence-electron chi connectivity index (χ4n) is 1.18. The third-order valence-corrected chi connectivity index (χ3v) is 2.52. The highest BCUT2D eigenvalue weighted by atomic mass is 32.1. The number of para-hydroxylation sites is 1. The molecule has 0 fully saturated rings. The average molecular weight is 227 g/mol. The smallest absolute Gasteiger partial charge is 0.200 e. The van der Waals surface area contributed by atoms with Crippen molar-refractivity contribution in [2.45, 2.75) is 0 Å². The molecule has 0 bridgehead atoms.